The SMILES string of the molecule is C/C(=N\O)c1ccc(S(=O)(=O)Nc2ccc(Cl)cc2-n2nnc3ncccc32)cc1. The number of hydrogen-bond donors (Lipinski definition) is 2. The van der Waals surface area contributed by atoms with Crippen molar-refractivity contribution < 1.29 is 13.6 Å². The van der Waals surface area contributed by atoms with E-state index in [1.165, 1.54) is 16.8 Å². The van der Waals surface area contributed by atoms with Crippen LogP contribution in [0.25, 0.3) is 16.9 Å². The van der Waals surface area contributed by atoms with Crippen LogP contribution in [0.4, 0.5) is 5.69 Å². The molecule has 0 unspecified atom stereocenters. The van der Waals surface area contributed by atoms with Crippen molar-refractivity contribution in [2.24, 2.45) is 5.16 Å². The van der Waals surface area contributed by atoms with Crippen molar-refractivity contribution in [2.45, 2.75) is 11.8 Å². The summed E-state index contributed by atoms with van der Waals surface area (Å²) >= 11 is 6.15. The summed E-state index contributed by atoms with van der Waals surface area (Å²) < 4.78 is 29.9. The van der Waals surface area contributed by atoms with Gasteiger partial charge in [-0.2, -0.15) is 0 Å². The summed E-state index contributed by atoms with van der Waals surface area (Å²) in [5.74, 6) is 0. The van der Waals surface area contributed by atoms with E-state index in [0.29, 0.717) is 33.1 Å². The highest BCUT2D eigenvalue weighted by molar-refractivity contribution is 7.92. The Labute approximate surface area is 176 Å². The molecule has 2 N–H and O–H groups in total. The molecule has 0 aliphatic carbocycles. The van der Waals surface area contributed by atoms with Crippen LogP contribution < -0.4 is 4.72 Å². The molecule has 0 aliphatic rings. The fraction of sp³-hybridized carbons (Fsp3) is 0.0526. The van der Waals surface area contributed by atoms with E-state index in [1.807, 2.05) is 0 Å². The summed E-state index contributed by atoms with van der Waals surface area (Å²) in [6.07, 6.45) is 1.59. The number of aromatic nitrogens is 4. The van der Waals surface area contributed by atoms with Crippen molar-refractivity contribution >= 4 is 44.2 Å². The molecular weight excluding hydrogens is 428 g/mol. The van der Waals surface area contributed by atoms with E-state index in [4.69, 9.17) is 16.8 Å². The average Bonchev–Trinajstić information content (AvgIpc) is 3.18. The molecule has 0 bridgehead atoms. The lowest BCUT2D eigenvalue weighted by molar-refractivity contribution is 0.319. The van der Waals surface area contributed by atoms with Crippen LogP contribution in [0.5, 0.6) is 0 Å². The molecule has 2 heterocycles. The van der Waals surface area contributed by atoms with Gasteiger partial charge in [0.1, 0.15) is 5.52 Å². The minimum atomic E-state index is -3.91. The Morgan fingerprint density at radius 2 is 1.93 bits per heavy atom. The molecule has 9 nitrogen and oxygen atoms in total. The first-order valence-electron chi connectivity index (χ1n) is 8.67. The highest BCUT2D eigenvalue weighted by Gasteiger charge is 2.19. The van der Waals surface area contributed by atoms with Crippen LogP contribution >= 0.6 is 11.6 Å². The highest BCUT2D eigenvalue weighted by atomic mass is 35.5. The van der Waals surface area contributed by atoms with E-state index >= 15 is 0 Å². The fourth-order valence-corrected chi connectivity index (χ4v) is 4.09. The molecule has 4 aromatic rings. The van der Waals surface area contributed by atoms with Crippen LogP contribution in [0.1, 0.15) is 12.5 Å². The Hall–Kier alpha value is -3.50. The summed E-state index contributed by atoms with van der Waals surface area (Å²) in [6.45, 7) is 1.61. The molecule has 152 valence electrons. The third kappa shape index (κ3) is 3.70. The first-order chi connectivity index (χ1) is 14.4. The normalized spacial score (nSPS) is 12.3. The Morgan fingerprint density at radius 1 is 1.17 bits per heavy atom. The van der Waals surface area contributed by atoms with E-state index < -0.39 is 10.0 Å². The van der Waals surface area contributed by atoms with Crippen molar-refractivity contribution in [1.82, 2.24) is 20.0 Å². The zero-order valence-electron chi connectivity index (χ0n) is 15.6. The highest BCUT2D eigenvalue weighted by Crippen LogP contribution is 2.28. The first kappa shape index (κ1) is 19.8. The molecule has 0 radical (unpaired) electrons. The fourth-order valence-electron chi connectivity index (χ4n) is 2.85. The van der Waals surface area contributed by atoms with E-state index in [0.717, 1.165) is 0 Å². The molecule has 0 amide bonds. The number of sulfonamides is 1. The number of pyridine rings is 1. The quantitative estimate of drug-likeness (QED) is 0.277. The lowest BCUT2D eigenvalue weighted by Crippen LogP contribution is -2.15. The second-order valence-electron chi connectivity index (χ2n) is 6.32. The van der Waals surface area contributed by atoms with Crippen molar-refractivity contribution in [3.63, 3.8) is 0 Å². The zero-order chi connectivity index (χ0) is 21.3. The molecule has 0 saturated carbocycles. The Bertz CT molecular complexity index is 1370. The molecular formula is C19H15ClN6O3S. The molecule has 4 rings (SSSR count). The van der Waals surface area contributed by atoms with Crippen molar-refractivity contribution in [3.8, 4) is 5.69 Å². The van der Waals surface area contributed by atoms with Gasteiger partial charge in [-0.3, -0.25) is 4.72 Å². The largest absolute Gasteiger partial charge is 0.411 e. The van der Waals surface area contributed by atoms with Gasteiger partial charge in [-0.15, -0.1) is 5.10 Å². The van der Waals surface area contributed by atoms with Crippen LogP contribution in [0.2, 0.25) is 5.02 Å². The van der Waals surface area contributed by atoms with Gasteiger partial charge >= 0.3 is 0 Å². The standard InChI is InChI=1S/C19H15ClN6O3S/c1-12(23-27)13-4-7-15(8-5-13)30(28,29)24-16-9-6-14(20)11-18(16)26-17-3-2-10-21-19(17)22-25-26/h2-11,24,27H,1H3/b23-12+. The van der Waals surface area contributed by atoms with E-state index in [2.05, 4.69) is 25.2 Å². The lowest BCUT2D eigenvalue weighted by Gasteiger charge is -2.13. The van der Waals surface area contributed by atoms with Crippen LogP contribution in [-0.4, -0.2) is 39.3 Å². The maximum absolute atomic E-state index is 12.9. The molecule has 0 atom stereocenters. The van der Waals surface area contributed by atoms with Gasteiger partial charge in [0.05, 0.1) is 22.0 Å². The minimum Gasteiger partial charge on any atom is -0.411 e. The summed E-state index contributed by atoms with van der Waals surface area (Å²) in [5, 5.41) is 20.5. The average molecular weight is 443 g/mol. The third-order valence-electron chi connectivity index (χ3n) is 4.39. The molecule has 2 aromatic carbocycles. The summed E-state index contributed by atoms with van der Waals surface area (Å²) in [6, 6.07) is 14.2. The summed E-state index contributed by atoms with van der Waals surface area (Å²) in [5.41, 5.74) is 2.67. The number of rotatable bonds is 5. The number of hydrogen-bond acceptors (Lipinski definition) is 7. The molecule has 2 aromatic heterocycles. The van der Waals surface area contributed by atoms with Crippen molar-refractivity contribution in [3.05, 3.63) is 71.4 Å². The van der Waals surface area contributed by atoms with Crippen LogP contribution in [0.3, 0.4) is 0 Å². The number of benzene rings is 2. The Morgan fingerprint density at radius 3 is 2.67 bits per heavy atom. The zero-order valence-corrected chi connectivity index (χ0v) is 17.1. The third-order valence-corrected chi connectivity index (χ3v) is 6.00. The van der Waals surface area contributed by atoms with Gasteiger partial charge in [0.25, 0.3) is 10.0 Å². The molecule has 11 heteroatoms. The maximum atomic E-state index is 12.9. The number of nitrogens with zero attached hydrogens (tertiary/aromatic N) is 5. The molecule has 0 spiro atoms. The van der Waals surface area contributed by atoms with Gasteiger partial charge in [0, 0.05) is 11.2 Å². The number of anilines is 1. The van der Waals surface area contributed by atoms with Crippen LogP contribution in [-0.2, 0) is 10.0 Å². The van der Waals surface area contributed by atoms with Gasteiger partial charge < -0.3 is 5.21 Å². The minimum absolute atomic E-state index is 0.0444. The molecule has 0 saturated heterocycles. The number of oxime groups is 1. The monoisotopic (exact) mass is 442 g/mol. The lowest BCUT2D eigenvalue weighted by atomic mass is 10.1. The first-order valence-corrected chi connectivity index (χ1v) is 10.5. The summed E-state index contributed by atoms with van der Waals surface area (Å²) in [7, 11) is -3.91. The van der Waals surface area contributed by atoms with Gasteiger partial charge in [0.2, 0.25) is 5.65 Å². The Balaban J connectivity index is 1.75. The van der Waals surface area contributed by atoms with Crippen molar-refractivity contribution in [2.75, 3.05) is 4.72 Å². The Kier molecular flexibility index (Phi) is 5.10. The van der Waals surface area contributed by atoms with Gasteiger partial charge in [-0.25, -0.2) is 18.1 Å². The number of nitrogens with one attached hydrogen (secondary N) is 1. The van der Waals surface area contributed by atoms with Crippen molar-refractivity contribution in [1.29, 1.82) is 0 Å². The second-order valence-corrected chi connectivity index (χ2v) is 8.44. The topological polar surface area (TPSA) is 122 Å². The van der Waals surface area contributed by atoms with Gasteiger partial charge in [-0.05, 0) is 55.0 Å². The van der Waals surface area contributed by atoms with Crippen LogP contribution in [0.15, 0.2) is 70.8 Å². The van der Waals surface area contributed by atoms with E-state index in [9.17, 15) is 8.42 Å². The maximum Gasteiger partial charge on any atom is 0.261 e. The van der Waals surface area contributed by atoms with E-state index in [-0.39, 0.29) is 10.6 Å². The molecule has 0 fully saturated rings. The number of fused-ring (bicyclic) bond motifs is 1. The smallest absolute Gasteiger partial charge is 0.261 e. The second kappa shape index (κ2) is 7.73. The van der Waals surface area contributed by atoms with E-state index in [1.54, 1.807) is 55.6 Å². The van der Waals surface area contributed by atoms with Crippen LogP contribution in [0, 0.1) is 0 Å². The molecule has 0 aliphatic heterocycles. The van der Waals surface area contributed by atoms with Gasteiger partial charge in [-0.1, -0.05) is 34.1 Å². The van der Waals surface area contributed by atoms with Gasteiger partial charge in [0.15, 0.2) is 0 Å². The predicted octanol–water partition coefficient (Wildman–Crippen LogP) is 3.47. The number of halogens is 1. The predicted molar refractivity (Wildman–Crippen MR) is 113 cm³/mol. The summed E-state index contributed by atoms with van der Waals surface area (Å²) in [4.78, 5) is 4.18. The molecule has 30 heavy (non-hydrogen) atoms.